The van der Waals surface area contributed by atoms with E-state index in [4.69, 9.17) is 4.74 Å². The number of rotatable bonds is 8. The highest BCUT2D eigenvalue weighted by Gasteiger charge is 2.49. The fraction of sp³-hybridized carbons (Fsp3) is 0.621. The number of ether oxygens (including phenoxy) is 1. The van der Waals surface area contributed by atoms with Crippen LogP contribution in [0.1, 0.15) is 68.0 Å². The van der Waals surface area contributed by atoms with Gasteiger partial charge in [0, 0.05) is 51.2 Å². The van der Waals surface area contributed by atoms with Gasteiger partial charge in [0.25, 0.3) is 0 Å². The fourth-order valence-electron chi connectivity index (χ4n) is 6.51. The topological polar surface area (TPSA) is 83.4 Å². The van der Waals surface area contributed by atoms with Gasteiger partial charge in [0.15, 0.2) is 5.65 Å². The first-order valence-corrected chi connectivity index (χ1v) is 14.9. The maximum absolute atomic E-state index is 15.2. The molecule has 1 aliphatic carbocycles. The van der Waals surface area contributed by atoms with Gasteiger partial charge in [-0.25, -0.2) is 28.1 Å². The van der Waals surface area contributed by atoms with Crippen molar-refractivity contribution in [3.63, 3.8) is 0 Å². The van der Waals surface area contributed by atoms with Gasteiger partial charge in [-0.15, -0.1) is 0 Å². The van der Waals surface area contributed by atoms with Crippen LogP contribution in [-0.4, -0.2) is 73.2 Å². The third kappa shape index (κ3) is 6.24. The van der Waals surface area contributed by atoms with Crippen LogP contribution in [0.25, 0.3) is 11.2 Å². The quantitative estimate of drug-likeness (QED) is 0.254. The zero-order chi connectivity index (χ0) is 31.4. The van der Waals surface area contributed by atoms with Gasteiger partial charge in [-0.2, -0.15) is 23.7 Å². The third-order valence-electron chi connectivity index (χ3n) is 8.96. The number of aryl methyl sites for hydroxylation is 1. The van der Waals surface area contributed by atoms with Crippen molar-refractivity contribution < 1.29 is 31.1 Å². The number of fused-ring (bicyclic) bond motifs is 1. The number of benzene rings is 1. The number of aromatic nitrogens is 4. The smallest absolute Gasteiger partial charge is 0.376 e. The molecule has 3 aromatic rings. The summed E-state index contributed by atoms with van der Waals surface area (Å²) in [7, 11) is 0. The second-order valence-electron chi connectivity index (χ2n) is 12.3. The Kier molecular flexibility index (Phi) is 8.26. The first-order valence-electron chi connectivity index (χ1n) is 14.9. The Morgan fingerprint density at radius 2 is 1.86 bits per heavy atom. The summed E-state index contributed by atoms with van der Waals surface area (Å²) in [6.45, 7) is 8.41. The number of nitrogens with zero attached hydrogens (tertiary/aromatic N) is 6. The van der Waals surface area contributed by atoms with Crippen molar-refractivity contribution in [3.8, 4) is 0 Å². The van der Waals surface area contributed by atoms with Gasteiger partial charge in [0.2, 0.25) is 11.9 Å². The fourth-order valence-corrected chi connectivity index (χ4v) is 6.51. The number of nitrogens with one attached hydrogen (secondary N) is 2. The van der Waals surface area contributed by atoms with Crippen LogP contribution in [0.15, 0.2) is 18.3 Å². The van der Waals surface area contributed by atoms with Gasteiger partial charge in [-0.1, -0.05) is 6.07 Å². The molecule has 15 heteroatoms. The van der Waals surface area contributed by atoms with E-state index in [1.165, 1.54) is 6.07 Å². The first-order chi connectivity index (χ1) is 20.8. The minimum absolute atomic E-state index is 0.0782. The minimum atomic E-state index is -4.91. The van der Waals surface area contributed by atoms with Crippen LogP contribution in [0.3, 0.4) is 0 Å². The molecule has 240 valence electrons. The molecule has 3 fully saturated rings. The Hall–Kier alpha value is -3.01. The zero-order valence-corrected chi connectivity index (χ0v) is 24.8. The zero-order valence-electron chi connectivity index (χ0n) is 24.8. The number of imidazole rings is 1. The van der Waals surface area contributed by atoms with Gasteiger partial charge < -0.3 is 9.30 Å². The Balaban J connectivity index is 1.12. The van der Waals surface area contributed by atoms with Crippen LogP contribution in [-0.2, 0) is 24.0 Å². The number of piperazine rings is 1. The van der Waals surface area contributed by atoms with E-state index >= 15 is 4.39 Å². The lowest BCUT2D eigenvalue weighted by molar-refractivity contribution is -0.140. The molecular weight excluding hydrogens is 590 g/mol. The van der Waals surface area contributed by atoms with Crippen molar-refractivity contribution in [3.05, 3.63) is 46.7 Å². The number of hydrazine groups is 2. The van der Waals surface area contributed by atoms with Crippen molar-refractivity contribution in [1.29, 1.82) is 0 Å². The molecule has 1 saturated carbocycles. The van der Waals surface area contributed by atoms with Crippen molar-refractivity contribution in [1.82, 2.24) is 35.0 Å². The molecule has 44 heavy (non-hydrogen) atoms. The molecule has 9 nitrogen and oxygen atoms in total. The molecule has 2 aliphatic heterocycles. The third-order valence-corrected chi connectivity index (χ3v) is 8.96. The summed E-state index contributed by atoms with van der Waals surface area (Å²) >= 11 is 0. The van der Waals surface area contributed by atoms with Gasteiger partial charge >= 0.3 is 6.18 Å². The van der Waals surface area contributed by atoms with E-state index in [0.29, 0.717) is 48.4 Å². The molecule has 6 rings (SSSR count). The molecule has 3 atom stereocenters. The number of hydrogen-bond acceptors (Lipinski definition) is 8. The molecule has 3 aliphatic rings. The van der Waals surface area contributed by atoms with Gasteiger partial charge in [0.05, 0.1) is 24.4 Å². The second-order valence-corrected chi connectivity index (χ2v) is 12.3. The summed E-state index contributed by atoms with van der Waals surface area (Å²) in [4.78, 5) is 15.6. The predicted octanol–water partition coefficient (Wildman–Crippen LogP) is 5.41. The van der Waals surface area contributed by atoms with E-state index in [1.54, 1.807) is 6.20 Å². The van der Waals surface area contributed by atoms with Crippen LogP contribution >= 0.6 is 0 Å². The van der Waals surface area contributed by atoms with E-state index in [1.807, 2.05) is 35.2 Å². The number of halogens is 6. The van der Waals surface area contributed by atoms with E-state index in [2.05, 4.69) is 25.9 Å². The Labute approximate surface area is 250 Å². The molecule has 4 heterocycles. The van der Waals surface area contributed by atoms with Crippen LogP contribution in [0.2, 0.25) is 0 Å². The summed E-state index contributed by atoms with van der Waals surface area (Å²) in [6.07, 6.45) is -2.41. The number of hydrogen-bond donors (Lipinski definition) is 2. The van der Waals surface area contributed by atoms with Crippen molar-refractivity contribution in [2.75, 3.05) is 25.1 Å². The van der Waals surface area contributed by atoms with Crippen molar-refractivity contribution in [2.45, 2.75) is 95.7 Å². The summed E-state index contributed by atoms with van der Waals surface area (Å²) in [5, 5.41) is 1.96. The second kappa shape index (κ2) is 11.7. The Morgan fingerprint density at radius 1 is 1.09 bits per heavy atom. The largest absolute Gasteiger partial charge is 0.419 e. The van der Waals surface area contributed by atoms with Crippen molar-refractivity contribution >= 4 is 17.1 Å². The van der Waals surface area contributed by atoms with Crippen LogP contribution in [0.5, 0.6) is 0 Å². The van der Waals surface area contributed by atoms with E-state index in [9.17, 15) is 22.0 Å². The summed E-state index contributed by atoms with van der Waals surface area (Å²) in [5.41, 5.74) is 6.27. The van der Waals surface area contributed by atoms with Crippen LogP contribution < -0.4 is 11.0 Å². The molecule has 2 aromatic heterocycles. The molecule has 0 bridgehead atoms. The maximum Gasteiger partial charge on any atom is 0.419 e. The average Bonchev–Trinajstić information content (AvgIpc) is 3.55. The highest BCUT2D eigenvalue weighted by atomic mass is 19.4. The van der Waals surface area contributed by atoms with Gasteiger partial charge in [-0.05, 0) is 56.7 Å². The van der Waals surface area contributed by atoms with Gasteiger partial charge in [-0.3, -0.25) is 10.3 Å². The standard InChI is InChI=1S/C29H36F6N8O/c1-16-13-43(40-39-27-36-11-23-26(38-27)42(18(3)37-23)15-21-5-4-8-44-21)17(2)12-41(16)14-19-6-7-22(29(33,34)35)25(30)24(19)20-9-28(31,32)10-20/h6-7,11,16-17,20-21,40H,4-5,8-10,12-15H2,1-3H3,(H,36,38,39)/t16-,17+,21+/m1/s1. The van der Waals surface area contributed by atoms with E-state index < -0.39 is 42.2 Å². The first kappa shape index (κ1) is 31.0. The molecule has 0 unspecified atom stereocenters. The molecule has 2 saturated heterocycles. The summed E-state index contributed by atoms with van der Waals surface area (Å²) in [5.74, 6) is -4.20. The lowest BCUT2D eigenvalue weighted by Crippen LogP contribution is -2.61. The average molecular weight is 627 g/mol. The van der Waals surface area contributed by atoms with Gasteiger partial charge in [0.1, 0.15) is 17.2 Å². The molecule has 1 aromatic carbocycles. The van der Waals surface area contributed by atoms with E-state index in [-0.39, 0.29) is 30.3 Å². The lowest BCUT2D eigenvalue weighted by atomic mass is 9.74. The monoisotopic (exact) mass is 626 g/mol. The molecule has 0 amide bonds. The number of anilines is 1. The summed E-state index contributed by atoms with van der Waals surface area (Å²) in [6, 6.07) is 1.78. The Bertz CT molecular complexity index is 1500. The van der Waals surface area contributed by atoms with Crippen molar-refractivity contribution in [2.24, 2.45) is 0 Å². The highest BCUT2D eigenvalue weighted by Crippen LogP contribution is 2.51. The number of alkyl halides is 5. The van der Waals surface area contributed by atoms with Crippen LogP contribution in [0, 0.1) is 12.7 Å². The lowest BCUT2D eigenvalue weighted by Gasteiger charge is -2.44. The molecule has 0 radical (unpaired) electrons. The van der Waals surface area contributed by atoms with E-state index in [0.717, 1.165) is 25.3 Å². The minimum Gasteiger partial charge on any atom is -0.376 e. The normalized spacial score (nSPS) is 25.1. The molecular formula is C29H36F6N8O. The SMILES string of the molecule is Cc1nc2cnc(NNN3C[C@@H](C)N(Cc4ccc(C(F)(F)F)c(F)c4C4CC(F)(F)C4)C[C@@H]3C)nc2n1C[C@@H]1CCCO1. The summed E-state index contributed by atoms with van der Waals surface area (Å²) < 4.78 is 90.7. The van der Waals surface area contributed by atoms with Crippen LogP contribution in [0.4, 0.5) is 32.3 Å². The highest BCUT2D eigenvalue weighted by molar-refractivity contribution is 5.71. The predicted molar refractivity (Wildman–Crippen MR) is 150 cm³/mol. The maximum atomic E-state index is 15.2. The Morgan fingerprint density at radius 3 is 2.55 bits per heavy atom. The molecule has 0 spiro atoms. The molecule has 2 N–H and O–H groups in total.